The van der Waals surface area contributed by atoms with Crippen molar-refractivity contribution >= 4 is 17.3 Å². The Morgan fingerprint density at radius 2 is 2.00 bits per heavy atom. The number of rotatable bonds is 9. The van der Waals surface area contributed by atoms with Crippen LogP contribution in [0.4, 0.5) is 11.4 Å². The quantitative estimate of drug-likeness (QED) is 0.533. The average Bonchev–Trinajstić information content (AvgIpc) is 2.62. The number of carbonyl (C=O) groups excluding carboxylic acids is 1. The van der Waals surface area contributed by atoms with E-state index in [4.69, 9.17) is 15.2 Å². The van der Waals surface area contributed by atoms with Gasteiger partial charge in [0.2, 0.25) is 5.91 Å². The van der Waals surface area contributed by atoms with Crippen LogP contribution in [0.5, 0.6) is 11.5 Å². The summed E-state index contributed by atoms with van der Waals surface area (Å²) in [6.07, 6.45) is 2.96. The summed E-state index contributed by atoms with van der Waals surface area (Å²) in [6.45, 7) is 2.72. The van der Waals surface area contributed by atoms with Crippen molar-refractivity contribution in [2.75, 3.05) is 24.8 Å². The minimum atomic E-state index is -0.0863. The van der Waals surface area contributed by atoms with Crippen molar-refractivity contribution in [2.24, 2.45) is 0 Å². The summed E-state index contributed by atoms with van der Waals surface area (Å²) in [5.74, 6) is 1.24. The zero-order valence-corrected chi connectivity index (χ0v) is 14.9. The van der Waals surface area contributed by atoms with Crippen LogP contribution in [0.3, 0.4) is 0 Å². The minimum absolute atomic E-state index is 0.0863. The fourth-order valence-corrected chi connectivity index (χ4v) is 2.41. The average molecular weight is 342 g/mol. The van der Waals surface area contributed by atoms with Gasteiger partial charge in [-0.05, 0) is 36.6 Å². The van der Waals surface area contributed by atoms with Gasteiger partial charge in [0.15, 0.2) is 0 Å². The van der Waals surface area contributed by atoms with Gasteiger partial charge in [-0.25, -0.2) is 0 Å². The van der Waals surface area contributed by atoms with Gasteiger partial charge in [0.1, 0.15) is 11.5 Å². The molecule has 0 spiro atoms. The fourth-order valence-electron chi connectivity index (χ4n) is 2.41. The molecule has 0 heterocycles. The highest BCUT2D eigenvalue weighted by Gasteiger charge is 2.11. The Balaban J connectivity index is 2.01. The Labute approximate surface area is 149 Å². The predicted molar refractivity (Wildman–Crippen MR) is 101 cm³/mol. The van der Waals surface area contributed by atoms with E-state index in [1.165, 1.54) is 0 Å². The Bertz CT molecular complexity index is 701. The number of hydrogen-bond donors (Lipinski definition) is 2. The van der Waals surface area contributed by atoms with Gasteiger partial charge < -0.3 is 20.5 Å². The molecular weight excluding hydrogens is 316 g/mol. The number of carbonyl (C=O) groups is 1. The van der Waals surface area contributed by atoms with Gasteiger partial charge in [-0.1, -0.05) is 31.5 Å². The maximum atomic E-state index is 12.3. The molecule has 5 heteroatoms. The highest BCUT2D eigenvalue weighted by atomic mass is 16.5. The lowest BCUT2D eigenvalue weighted by Gasteiger charge is -2.14. The Morgan fingerprint density at radius 3 is 2.72 bits per heavy atom. The normalized spacial score (nSPS) is 10.3. The lowest BCUT2D eigenvalue weighted by atomic mass is 10.1. The first-order valence-corrected chi connectivity index (χ1v) is 8.58. The molecule has 1 amide bonds. The van der Waals surface area contributed by atoms with E-state index in [0.717, 1.165) is 18.4 Å². The summed E-state index contributed by atoms with van der Waals surface area (Å²) in [6, 6.07) is 13.0. The molecule has 0 unspecified atom stereocenters. The number of amides is 1. The monoisotopic (exact) mass is 342 g/mol. The zero-order chi connectivity index (χ0) is 18.1. The number of nitrogen functional groups attached to an aromatic ring is 1. The molecule has 0 radical (unpaired) electrons. The van der Waals surface area contributed by atoms with E-state index in [0.29, 0.717) is 42.3 Å². The van der Waals surface area contributed by atoms with Gasteiger partial charge >= 0.3 is 0 Å². The van der Waals surface area contributed by atoms with Crippen molar-refractivity contribution < 1.29 is 14.3 Å². The van der Waals surface area contributed by atoms with Gasteiger partial charge in [-0.15, -0.1) is 0 Å². The fraction of sp³-hybridized carbons (Fsp3) is 0.350. The zero-order valence-electron chi connectivity index (χ0n) is 14.9. The molecule has 0 fully saturated rings. The first-order valence-electron chi connectivity index (χ1n) is 8.58. The Kier molecular flexibility index (Phi) is 7.14. The van der Waals surface area contributed by atoms with Crippen molar-refractivity contribution in [1.29, 1.82) is 0 Å². The van der Waals surface area contributed by atoms with Crippen LogP contribution in [0.1, 0.15) is 31.7 Å². The van der Waals surface area contributed by atoms with Crippen LogP contribution in [0, 0.1) is 0 Å². The molecule has 0 saturated heterocycles. The van der Waals surface area contributed by atoms with Gasteiger partial charge in [0.05, 0.1) is 19.4 Å². The lowest BCUT2D eigenvalue weighted by molar-refractivity contribution is -0.116. The summed E-state index contributed by atoms with van der Waals surface area (Å²) in [5.41, 5.74) is 8.23. The third-order valence-electron chi connectivity index (χ3n) is 3.89. The first-order chi connectivity index (χ1) is 12.1. The summed E-state index contributed by atoms with van der Waals surface area (Å²) in [7, 11) is 1.59. The van der Waals surface area contributed by atoms with Crippen molar-refractivity contribution in [3.05, 3.63) is 48.0 Å². The number of benzene rings is 2. The van der Waals surface area contributed by atoms with Crippen LogP contribution in [-0.2, 0) is 11.2 Å². The Hall–Kier alpha value is -2.69. The third kappa shape index (κ3) is 5.71. The number of methoxy groups -OCH3 is 1. The molecule has 0 aliphatic heterocycles. The number of hydrogen-bond acceptors (Lipinski definition) is 4. The molecule has 2 aromatic rings. The largest absolute Gasteiger partial charge is 0.497 e. The van der Waals surface area contributed by atoms with Crippen molar-refractivity contribution in [3.63, 3.8) is 0 Å². The molecule has 0 aromatic heterocycles. The van der Waals surface area contributed by atoms with Gasteiger partial charge in [0, 0.05) is 18.2 Å². The molecule has 0 bridgehead atoms. The predicted octanol–water partition coefficient (Wildman–Crippen LogP) is 4.03. The van der Waals surface area contributed by atoms with Crippen LogP contribution in [0.2, 0.25) is 0 Å². The minimum Gasteiger partial charge on any atom is -0.497 e. The van der Waals surface area contributed by atoms with E-state index in [-0.39, 0.29) is 5.91 Å². The summed E-state index contributed by atoms with van der Waals surface area (Å²) in [5, 5.41) is 2.92. The molecule has 2 aromatic carbocycles. The number of aryl methyl sites for hydroxylation is 1. The summed E-state index contributed by atoms with van der Waals surface area (Å²) in [4.78, 5) is 12.3. The second-order valence-electron chi connectivity index (χ2n) is 5.81. The Morgan fingerprint density at radius 1 is 1.20 bits per heavy atom. The van der Waals surface area contributed by atoms with E-state index >= 15 is 0 Å². The van der Waals surface area contributed by atoms with E-state index < -0.39 is 0 Å². The molecule has 134 valence electrons. The molecule has 0 saturated carbocycles. The second-order valence-corrected chi connectivity index (χ2v) is 5.81. The number of nitrogens with two attached hydrogens (primary N) is 1. The van der Waals surface area contributed by atoms with E-state index in [1.54, 1.807) is 13.2 Å². The summed E-state index contributed by atoms with van der Waals surface area (Å²) >= 11 is 0. The maximum absolute atomic E-state index is 12.3. The maximum Gasteiger partial charge on any atom is 0.224 e. The van der Waals surface area contributed by atoms with Crippen molar-refractivity contribution in [3.8, 4) is 11.5 Å². The number of ether oxygens (including phenoxy) is 2. The number of unbranched alkanes of at least 4 members (excludes halogenated alkanes) is 1. The molecule has 0 aliphatic carbocycles. The lowest BCUT2D eigenvalue weighted by Crippen LogP contribution is -2.14. The topological polar surface area (TPSA) is 73.6 Å². The molecule has 5 nitrogen and oxygen atoms in total. The van der Waals surface area contributed by atoms with Crippen molar-refractivity contribution in [2.45, 2.75) is 32.6 Å². The van der Waals surface area contributed by atoms with E-state index in [1.807, 2.05) is 36.4 Å². The van der Waals surface area contributed by atoms with Crippen LogP contribution >= 0.6 is 0 Å². The van der Waals surface area contributed by atoms with Crippen molar-refractivity contribution in [1.82, 2.24) is 0 Å². The third-order valence-corrected chi connectivity index (χ3v) is 3.89. The first kappa shape index (κ1) is 18.6. The SMILES string of the molecule is CCCCOc1ccc(OC)cc1NC(=O)CCc1ccccc1N. The van der Waals surface area contributed by atoms with Gasteiger partial charge in [-0.3, -0.25) is 4.79 Å². The molecule has 0 atom stereocenters. The summed E-state index contributed by atoms with van der Waals surface area (Å²) < 4.78 is 11.0. The molecule has 3 N–H and O–H groups in total. The number of para-hydroxylation sites is 1. The molecule has 2 rings (SSSR count). The highest BCUT2D eigenvalue weighted by Crippen LogP contribution is 2.29. The molecular formula is C20H26N2O3. The van der Waals surface area contributed by atoms with Crippen LogP contribution in [-0.4, -0.2) is 19.6 Å². The van der Waals surface area contributed by atoms with Gasteiger partial charge in [0.25, 0.3) is 0 Å². The van der Waals surface area contributed by atoms with E-state index in [9.17, 15) is 4.79 Å². The highest BCUT2D eigenvalue weighted by molar-refractivity contribution is 5.92. The second kappa shape index (κ2) is 9.57. The molecule has 25 heavy (non-hydrogen) atoms. The van der Waals surface area contributed by atoms with Crippen LogP contribution in [0.15, 0.2) is 42.5 Å². The van der Waals surface area contributed by atoms with E-state index in [2.05, 4.69) is 12.2 Å². The molecule has 0 aliphatic rings. The van der Waals surface area contributed by atoms with Crippen LogP contribution < -0.4 is 20.5 Å². The number of anilines is 2. The standard InChI is InChI=1S/C20H26N2O3/c1-3-4-13-25-19-11-10-16(24-2)14-18(19)22-20(23)12-9-15-7-5-6-8-17(15)21/h5-8,10-11,14H,3-4,9,12-13,21H2,1-2H3,(H,22,23). The van der Waals surface area contributed by atoms with Gasteiger partial charge in [-0.2, -0.15) is 0 Å². The smallest absolute Gasteiger partial charge is 0.224 e. The number of nitrogens with one attached hydrogen (secondary N) is 1. The van der Waals surface area contributed by atoms with Crippen LogP contribution in [0.25, 0.3) is 0 Å².